The molecular formula is C30H31B3N6. The van der Waals surface area contributed by atoms with Crippen molar-refractivity contribution in [2.45, 2.75) is 27.7 Å². The third kappa shape index (κ3) is 3.39. The highest BCUT2D eigenvalue weighted by Gasteiger charge is 2.57. The summed E-state index contributed by atoms with van der Waals surface area (Å²) in [5.41, 5.74) is 11.1. The zero-order chi connectivity index (χ0) is 27.0. The Balaban J connectivity index is 1.58. The second kappa shape index (κ2) is 8.86. The number of imidazole rings is 1. The topological polar surface area (TPSA) is 40.4 Å². The highest BCUT2D eigenvalue weighted by molar-refractivity contribution is 7.01. The van der Waals surface area contributed by atoms with Crippen molar-refractivity contribution in [1.29, 1.82) is 0 Å². The molecular weight excluding hydrogens is 477 g/mol. The summed E-state index contributed by atoms with van der Waals surface area (Å²) < 4.78 is 9.96. The van der Waals surface area contributed by atoms with Crippen LogP contribution in [0.1, 0.15) is 22.3 Å². The zero-order valence-electron chi connectivity index (χ0n) is 23.4. The molecule has 0 bridgehead atoms. The van der Waals surface area contributed by atoms with E-state index >= 15 is 0 Å². The molecule has 39 heavy (non-hydrogen) atoms. The second-order valence-corrected chi connectivity index (χ2v) is 11.1. The summed E-state index contributed by atoms with van der Waals surface area (Å²) in [5, 5.41) is 0. The van der Waals surface area contributed by atoms with Gasteiger partial charge >= 0.3 is 21.1 Å². The lowest BCUT2D eigenvalue weighted by Crippen LogP contribution is -2.84. The number of para-hydroxylation sites is 2. The van der Waals surface area contributed by atoms with Crippen LogP contribution in [0, 0.1) is 27.7 Å². The highest BCUT2D eigenvalue weighted by atomic mass is 15.4. The summed E-state index contributed by atoms with van der Waals surface area (Å²) in [6.07, 6.45) is 1.91. The molecule has 0 saturated carbocycles. The van der Waals surface area contributed by atoms with E-state index in [0.717, 1.165) is 28.2 Å². The Morgan fingerprint density at radius 3 is 1.92 bits per heavy atom. The number of fused-ring (bicyclic) bond motifs is 8. The third-order valence-corrected chi connectivity index (χ3v) is 8.73. The van der Waals surface area contributed by atoms with Gasteiger partial charge in [-0.3, -0.25) is 0 Å². The predicted molar refractivity (Wildman–Crippen MR) is 165 cm³/mol. The lowest BCUT2D eigenvalue weighted by Gasteiger charge is -2.54. The van der Waals surface area contributed by atoms with Crippen LogP contribution in [0.2, 0.25) is 0 Å². The van der Waals surface area contributed by atoms with Crippen molar-refractivity contribution in [3.63, 3.8) is 0 Å². The molecule has 1 saturated heterocycles. The molecule has 9 heteroatoms. The fourth-order valence-electron chi connectivity index (χ4n) is 7.06. The summed E-state index contributed by atoms with van der Waals surface area (Å²) in [5.74, 6) is 1.94. The van der Waals surface area contributed by atoms with Crippen LogP contribution in [-0.4, -0.2) is 59.1 Å². The van der Waals surface area contributed by atoms with Crippen LogP contribution in [-0.2, 0) is 0 Å². The molecule has 4 heterocycles. The van der Waals surface area contributed by atoms with E-state index in [-0.39, 0.29) is 21.1 Å². The van der Waals surface area contributed by atoms with Gasteiger partial charge in [-0.2, -0.15) is 0 Å². The van der Waals surface area contributed by atoms with Crippen molar-refractivity contribution in [2.75, 3.05) is 18.8 Å². The first-order valence-electron chi connectivity index (χ1n) is 13.6. The van der Waals surface area contributed by atoms with E-state index in [9.17, 15) is 0 Å². The van der Waals surface area contributed by atoms with Crippen molar-refractivity contribution in [2.24, 2.45) is 0 Å². The second-order valence-electron chi connectivity index (χ2n) is 11.1. The fourth-order valence-corrected chi connectivity index (χ4v) is 7.06. The number of nitrogens with zero attached hydrogens (tertiary/aromatic N) is 6. The van der Waals surface area contributed by atoms with E-state index in [1.54, 1.807) is 0 Å². The van der Waals surface area contributed by atoms with Gasteiger partial charge in [-0.15, -0.1) is 0 Å². The molecule has 3 aromatic carbocycles. The Bertz CT molecular complexity index is 1710. The van der Waals surface area contributed by atoms with Gasteiger partial charge in [0.05, 0.1) is 16.6 Å². The molecule has 0 atom stereocenters. The number of pyridine rings is 1. The number of rotatable bonds is 2. The largest absolute Gasteiger partial charge is 0.455 e. The molecule has 0 amide bonds. The first-order valence-corrected chi connectivity index (χ1v) is 13.6. The molecule has 0 unspecified atom stereocenters. The zero-order valence-corrected chi connectivity index (χ0v) is 23.4. The predicted octanol–water partition coefficient (Wildman–Crippen LogP) is 3.65. The van der Waals surface area contributed by atoms with Gasteiger partial charge in [-0.05, 0) is 77.0 Å². The van der Waals surface area contributed by atoms with E-state index in [2.05, 4.69) is 127 Å². The first-order chi connectivity index (χ1) is 18.9. The maximum absolute atomic E-state index is 5.16. The average molecular weight is 508 g/mol. The van der Waals surface area contributed by atoms with Crippen LogP contribution in [0.4, 0.5) is 5.82 Å². The van der Waals surface area contributed by atoms with Crippen molar-refractivity contribution in [3.8, 4) is 11.4 Å². The van der Waals surface area contributed by atoms with Crippen LogP contribution in [0.15, 0.2) is 79.0 Å². The normalized spacial score (nSPS) is 15.5. The smallest absolute Gasteiger partial charge is 0.394 e. The Labute approximate surface area is 231 Å². The van der Waals surface area contributed by atoms with Gasteiger partial charge in [0.25, 0.3) is 0 Å². The number of benzene rings is 3. The van der Waals surface area contributed by atoms with Crippen LogP contribution < -0.4 is 15.6 Å². The van der Waals surface area contributed by atoms with Gasteiger partial charge in [0, 0.05) is 6.20 Å². The third-order valence-electron chi connectivity index (χ3n) is 8.73. The maximum atomic E-state index is 5.16. The van der Waals surface area contributed by atoms with Crippen LogP contribution in [0.25, 0.3) is 22.4 Å². The molecule has 2 aliphatic heterocycles. The number of hydrogen-bond donors (Lipinski definition) is 0. The highest BCUT2D eigenvalue weighted by Crippen LogP contribution is 2.40. The van der Waals surface area contributed by atoms with Gasteiger partial charge < -0.3 is 18.6 Å². The molecule has 2 aromatic heterocycles. The summed E-state index contributed by atoms with van der Waals surface area (Å²) >= 11 is 0. The van der Waals surface area contributed by atoms with Crippen molar-refractivity contribution >= 4 is 48.9 Å². The number of anilines is 1. The monoisotopic (exact) mass is 508 g/mol. The summed E-state index contributed by atoms with van der Waals surface area (Å²) in [6, 6.07) is 25.9. The van der Waals surface area contributed by atoms with E-state index in [1.807, 2.05) is 12.3 Å². The van der Waals surface area contributed by atoms with Gasteiger partial charge in [-0.1, -0.05) is 70.8 Å². The van der Waals surface area contributed by atoms with Crippen LogP contribution in [0.3, 0.4) is 0 Å². The van der Waals surface area contributed by atoms with Crippen LogP contribution in [0.5, 0.6) is 0 Å². The average Bonchev–Trinajstić information content (AvgIpc) is 3.31. The first kappa shape index (κ1) is 24.3. The van der Waals surface area contributed by atoms with E-state index in [0.29, 0.717) is 0 Å². The molecule has 2 aliphatic rings. The minimum Gasteiger partial charge on any atom is -0.394 e. The standard InChI is InChI=1S/C30H31B3N6/c1-20-12-9-13-21(2)27(20)31-36(5)32(28-22(3)14-10-15-23(28)4)39-29-24(16-11-19-34-29)30-35-25-17-7-8-18-26(25)38(30)33(39)37(31)6/h7-19H,1-6H3. The number of aryl methyl sites for hydroxylation is 4. The van der Waals surface area contributed by atoms with Gasteiger partial charge in [0.1, 0.15) is 11.6 Å². The quantitative estimate of drug-likeness (QED) is 0.341. The molecule has 5 aromatic rings. The minimum atomic E-state index is -0.126. The lowest BCUT2D eigenvalue weighted by atomic mass is 9.40. The molecule has 0 spiro atoms. The minimum absolute atomic E-state index is 0.0377. The Morgan fingerprint density at radius 2 is 1.26 bits per heavy atom. The van der Waals surface area contributed by atoms with Crippen molar-refractivity contribution in [3.05, 3.63) is 101 Å². The molecule has 0 aliphatic carbocycles. The van der Waals surface area contributed by atoms with E-state index < -0.39 is 0 Å². The molecule has 1 fully saturated rings. The molecule has 6 nitrogen and oxygen atoms in total. The molecule has 190 valence electrons. The SMILES string of the molecule is Cc1cccc(C)c1B1N(C)B(c2c(C)cccc2C)N2B(N1C)n1c(nc3ccccc31)-c1cccnc12. The number of aromatic nitrogens is 3. The number of hydrogen-bond acceptors (Lipinski definition) is 5. The van der Waals surface area contributed by atoms with Gasteiger partial charge in [0.15, 0.2) is 0 Å². The Morgan fingerprint density at radius 1 is 0.641 bits per heavy atom. The van der Waals surface area contributed by atoms with E-state index in [1.165, 1.54) is 33.2 Å². The van der Waals surface area contributed by atoms with Crippen molar-refractivity contribution in [1.82, 2.24) is 23.9 Å². The molecule has 7 rings (SSSR count). The molecule has 0 N–H and O–H groups in total. The van der Waals surface area contributed by atoms with Gasteiger partial charge in [0.2, 0.25) is 0 Å². The summed E-state index contributed by atoms with van der Waals surface area (Å²) in [6.45, 7) is 8.94. The lowest BCUT2D eigenvalue weighted by molar-refractivity contribution is 0.642. The Kier molecular flexibility index (Phi) is 5.51. The fraction of sp³-hybridized carbons (Fsp3) is 0.200. The van der Waals surface area contributed by atoms with Crippen LogP contribution >= 0.6 is 0 Å². The van der Waals surface area contributed by atoms with E-state index in [4.69, 9.17) is 9.97 Å². The van der Waals surface area contributed by atoms with Gasteiger partial charge in [-0.25, -0.2) is 9.97 Å². The van der Waals surface area contributed by atoms with Crippen molar-refractivity contribution < 1.29 is 0 Å². The maximum Gasteiger partial charge on any atom is 0.455 e. The summed E-state index contributed by atoms with van der Waals surface area (Å²) in [7, 11) is 4.39. The molecule has 0 radical (unpaired) electrons. The Hall–Kier alpha value is -3.81. The summed E-state index contributed by atoms with van der Waals surface area (Å²) in [4.78, 5) is 10.2.